The molecule has 0 aliphatic carbocycles. The van der Waals surface area contributed by atoms with Gasteiger partial charge in [0.25, 0.3) is 0 Å². The Morgan fingerprint density at radius 2 is 2.10 bits per heavy atom. The fourth-order valence-corrected chi connectivity index (χ4v) is 4.98. The van der Waals surface area contributed by atoms with Gasteiger partial charge in [0.2, 0.25) is 10.0 Å². The number of nitrogen functional groups attached to an aromatic ring is 1. The van der Waals surface area contributed by atoms with Crippen molar-refractivity contribution in [1.29, 1.82) is 0 Å². The Labute approximate surface area is 118 Å². The summed E-state index contributed by atoms with van der Waals surface area (Å²) >= 11 is 0. The summed E-state index contributed by atoms with van der Waals surface area (Å²) in [7, 11) is -3.46. The molecule has 2 aromatic rings. The standard InChI is InChI=1S/C14H19N3O2S/c1-9-5-10(2)17(8-9)20(18,19)14-7-16-13-6-11(15)3-4-12(13)14/h3-4,6-7,9-10,16H,5,8,15H2,1-2H3. The van der Waals surface area contributed by atoms with Crippen LogP contribution in [0, 0.1) is 5.92 Å². The SMILES string of the molecule is CC1CC(C)N(S(=O)(=O)c2c[nH]c3cc(N)ccc23)C1. The van der Waals surface area contributed by atoms with E-state index in [9.17, 15) is 8.42 Å². The molecule has 2 heterocycles. The summed E-state index contributed by atoms with van der Waals surface area (Å²) in [6, 6.07) is 5.29. The molecule has 1 fully saturated rings. The third-order valence-corrected chi connectivity index (χ3v) is 6.00. The lowest BCUT2D eigenvalue weighted by molar-refractivity contribution is 0.406. The van der Waals surface area contributed by atoms with Crippen LogP contribution in [0.5, 0.6) is 0 Å². The van der Waals surface area contributed by atoms with Crippen LogP contribution in [0.3, 0.4) is 0 Å². The Hall–Kier alpha value is -1.53. The van der Waals surface area contributed by atoms with E-state index >= 15 is 0 Å². The van der Waals surface area contributed by atoms with E-state index in [2.05, 4.69) is 11.9 Å². The molecule has 0 saturated carbocycles. The number of nitrogens with zero attached hydrogens (tertiary/aromatic N) is 1. The molecule has 20 heavy (non-hydrogen) atoms. The summed E-state index contributed by atoms with van der Waals surface area (Å²) in [4.78, 5) is 3.34. The quantitative estimate of drug-likeness (QED) is 0.833. The van der Waals surface area contributed by atoms with Gasteiger partial charge in [-0.25, -0.2) is 8.42 Å². The van der Waals surface area contributed by atoms with Gasteiger partial charge in [0, 0.05) is 35.4 Å². The van der Waals surface area contributed by atoms with Crippen molar-refractivity contribution in [3.63, 3.8) is 0 Å². The summed E-state index contributed by atoms with van der Waals surface area (Å²) < 4.78 is 27.3. The molecule has 1 aliphatic rings. The monoisotopic (exact) mass is 293 g/mol. The van der Waals surface area contributed by atoms with Crippen molar-refractivity contribution in [3.05, 3.63) is 24.4 Å². The van der Waals surface area contributed by atoms with E-state index in [1.165, 1.54) is 0 Å². The number of fused-ring (bicyclic) bond motifs is 1. The highest BCUT2D eigenvalue weighted by atomic mass is 32.2. The number of hydrogen-bond acceptors (Lipinski definition) is 3. The molecule has 2 unspecified atom stereocenters. The van der Waals surface area contributed by atoms with Gasteiger partial charge in [-0.2, -0.15) is 4.31 Å². The van der Waals surface area contributed by atoms with Crippen molar-refractivity contribution in [2.45, 2.75) is 31.2 Å². The average molecular weight is 293 g/mol. The highest BCUT2D eigenvalue weighted by Gasteiger charge is 2.37. The zero-order chi connectivity index (χ0) is 14.5. The third-order valence-electron chi connectivity index (χ3n) is 3.98. The summed E-state index contributed by atoms with van der Waals surface area (Å²) in [5, 5.41) is 0.700. The van der Waals surface area contributed by atoms with E-state index in [1.54, 1.807) is 28.7 Å². The molecule has 6 heteroatoms. The zero-order valence-electron chi connectivity index (χ0n) is 11.6. The van der Waals surface area contributed by atoms with E-state index in [-0.39, 0.29) is 6.04 Å². The summed E-state index contributed by atoms with van der Waals surface area (Å²) in [6.45, 7) is 4.64. The first kappa shape index (κ1) is 13.5. The van der Waals surface area contributed by atoms with Gasteiger partial charge in [-0.1, -0.05) is 6.92 Å². The molecule has 5 nitrogen and oxygen atoms in total. The second kappa shape index (κ2) is 4.49. The van der Waals surface area contributed by atoms with E-state index in [0.717, 1.165) is 11.9 Å². The number of H-pyrrole nitrogens is 1. The summed E-state index contributed by atoms with van der Waals surface area (Å²) in [5.41, 5.74) is 7.10. The highest BCUT2D eigenvalue weighted by Crippen LogP contribution is 2.32. The minimum absolute atomic E-state index is 0.0498. The van der Waals surface area contributed by atoms with Crippen LogP contribution >= 0.6 is 0 Å². The van der Waals surface area contributed by atoms with Crippen LogP contribution < -0.4 is 5.73 Å². The Morgan fingerprint density at radius 3 is 2.75 bits per heavy atom. The molecule has 3 rings (SSSR count). The van der Waals surface area contributed by atoms with Crippen LogP contribution in [0.4, 0.5) is 5.69 Å². The summed E-state index contributed by atoms with van der Waals surface area (Å²) in [5.74, 6) is 0.403. The molecule has 2 atom stereocenters. The molecule has 0 bridgehead atoms. The second-order valence-electron chi connectivity index (χ2n) is 5.72. The maximum atomic E-state index is 12.8. The lowest BCUT2D eigenvalue weighted by atomic mass is 10.1. The first-order valence-electron chi connectivity index (χ1n) is 6.78. The van der Waals surface area contributed by atoms with Crippen LogP contribution in [0.2, 0.25) is 0 Å². The number of rotatable bonds is 2. The number of nitrogens with one attached hydrogen (secondary N) is 1. The van der Waals surface area contributed by atoms with E-state index < -0.39 is 10.0 Å². The number of anilines is 1. The van der Waals surface area contributed by atoms with Crippen molar-refractivity contribution in [2.75, 3.05) is 12.3 Å². The molecule has 0 spiro atoms. The van der Waals surface area contributed by atoms with Gasteiger partial charge in [0.1, 0.15) is 4.90 Å². The maximum Gasteiger partial charge on any atom is 0.245 e. The molecule has 1 aliphatic heterocycles. The maximum absolute atomic E-state index is 12.8. The van der Waals surface area contributed by atoms with Crippen LogP contribution in [-0.2, 0) is 10.0 Å². The van der Waals surface area contributed by atoms with Crippen molar-refractivity contribution in [2.24, 2.45) is 5.92 Å². The molecule has 0 radical (unpaired) electrons. The molecule has 1 aromatic heterocycles. The Kier molecular flexibility index (Phi) is 3.02. The molecule has 1 aromatic carbocycles. The van der Waals surface area contributed by atoms with Gasteiger partial charge < -0.3 is 10.7 Å². The van der Waals surface area contributed by atoms with Gasteiger partial charge >= 0.3 is 0 Å². The number of aromatic amines is 1. The van der Waals surface area contributed by atoms with Crippen LogP contribution in [0.1, 0.15) is 20.3 Å². The van der Waals surface area contributed by atoms with Crippen molar-refractivity contribution >= 4 is 26.6 Å². The van der Waals surface area contributed by atoms with Gasteiger partial charge in [-0.15, -0.1) is 0 Å². The predicted octanol–water partition coefficient (Wildman–Crippen LogP) is 2.17. The normalized spacial score (nSPS) is 24.5. The summed E-state index contributed by atoms with van der Waals surface area (Å²) in [6.07, 6.45) is 2.48. The Morgan fingerprint density at radius 1 is 1.35 bits per heavy atom. The van der Waals surface area contributed by atoms with Crippen molar-refractivity contribution in [1.82, 2.24) is 9.29 Å². The molecule has 0 amide bonds. The Bertz CT molecular complexity index is 751. The molecule has 108 valence electrons. The van der Waals surface area contributed by atoms with Crippen molar-refractivity contribution in [3.8, 4) is 0 Å². The largest absolute Gasteiger partial charge is 0.399 e. The Balaban J connectivity index is 2.10. The number of hydrogen-bond donors (Lipinski definition) is 2. The molecule has 3 N–H and O–H groups in total. The zero-order valence-corrected chi connectivity index (χ0v) is 12.4. The molecule has 1 saturated heterocycles. The minimum Gasteiger partial charge on any atom is -0.399 e. The van der Waals surface area contributed by atoms with Gasteiger partial charge in [-0.05, 0) is 37.5 Å². The molecular formula is C14H19N3O2S. The highest BCUT2D eigenvalue weighted by molar-refractivity contribution is 7.89. The van der Waals surface area contributed by atoms with Crippen LogP contribution in [0.15, 0.2) is 29.3 Å². The number of benzene rings is 1. The fraction of sp³-hybridized carbons (Fsp3) is 0.429. The number of sulfonamides is 1. The molecular weight excluding hydrogens is 274 g/mol. The topological polar surface area (TPSA) is 79.2 Å². The third kappa shape index (κ3) is 1.99. The number of nitrogens with two attached hydrogens (primary N) is 1. The predicted molar refractivity (Wildman–Crippen MR) is 79.8 cm³/mol. The van der Waals surface area contributed by atoms with Gasteiger partial charge in [0.15, 0.2) is 0 Å². The first-order valence-corrected chi connectivity index (χ1v) is 8.22. The minimum atomic E-state index is -3.46. The van der Waals surface area contributed by atoms with E-state index in [4.69, 9.17) is 5.73 Å². The number of aromatic nitrogens is 1. The van der Waals surface area contributed by atoms with E-state index in [0.29, 0.717) is 28.4 Å². The van der Waals surface area contributed by atoms with Crippen LogP contribution in [0.25, 0.3) is 10.9 Å². The lowest BCUT2D eigenvalue weighted by Crippen LogP contribution is -2.33. The first-order chi connectivity index (χ1) is 9.39. The fourth-order valence-electron chi connectivity index (χ4n) is 3.05. The second-order valence-corrected chi connectivity index (χ2v) is 7.58. The van der Waals surface area contributed by atoms with Gasteiger partial charge in [-0.3, -0.25) is 0 Å². The van der Waals surface area contributed by atoms with Crippen LogP contribution in [-0.4, -0.2) is 30.3 Å². The van der Waals surface area contributed by atoms with Crippen molar-refractivity contribution < 1.29 is 8.42 Å². The van der Waals surface area contributed by atoms with Gasteiger partial charge in [0.05, 0.1) is 0 Å². The van der Waals surface area contributed by atoms with E-state index in [1.807, 2.05) is 6.92 Å². The lowest BCUT2D eigenvalue weighted by Gasteiger charge is -2.20. The smallest absolute Gasteiger partial charge is 0.245 e. The average Bonchev–Trinajstić information content (AvgIpc) is 2.92.